The molecule has 0 aliphatic heterocycles. The molecule has 0 saturated heterocycles. The van der Waals surface area contributed by atoms with Gasteiger partial charge in [0.15, 0.2) is 6.61 Å². The van der Waals surface area contributed by atoms with Gasteiger partial charge in [0.2, 0.25) is 0 Å². The van der Waals surface area contributed by atoms with E-state index in [1.165, 1.54) is 24.3 Å². The van der Waals surface area contributed by atoms with Crippen molar-refractivity contribution in [1.82, 2.24) is 0 Å². The first-order valence-corrected chi connectivity index (χ1v) is 8.52. The van der Waals surface area contributed by atoms with E-state index in [4.69, 9.17) is 9.84 Å². The first-order chi connectivity index (χ1) is 11.7. The molecule has 5 nitrogen and oxygen atoms in total. The number of hydrogen-bond donors (Lipinski definition) is 2. The summed E-state index contributed by atoms with van der Waals surface area (Å²) in [5, 5.41) is 11.5. The molecule has 0 fully saturated rings. The van der Waals surface area contributed by atoms with Gasteiger partial charge in [-0.3, -0.25) is 4.79 Å². The third-order valence-electron chi connectivity index (χ3n) is 3.57. The lowest BCUT2D eigenvalue weighted by Gasteiger charge is -2.20. The number of nitrogens with one attached hydrogen (secondary N) is 1. The Bertz CT molecular complexity index is 779. The van der Waals surface area contributed by atoms with Crippen molar-refractivity contribution < 1.29 is 19.4 Å². The Hall–Kier alpha value is -2.34. The van der Waals surface area contributed by atoms with Crippen molar-refractivity contribution in [2.75, 3.05) is 11.9 Å². The second-order valence-corrected chi connectivity index (χ2v) is 7.47. The summed E-state index contributed by atoms with van der Waals surface area (Å²) in [5.41, 5.74) is 1.87. The molecule has 1 amide bonds. The van der Waals surface area contributed by atoms with E-state index >= 15 is 0 Å². The molecule has 0 unspecified atom stereocenters. The molecule has 2 aromatic carbocycles. The second kappa shape index (κ2) is 7.70. The highest BCUT2D eigenvalue weighted by Gasteiger charge is 2.15. The van der Waals surface area contributed by atoms with Crippen molar-refractivity contribution in [1.29, 1.82) is 0 Å². The Kier molecular flexibility index (Phi) is 5.85. The van der Waals surface area contributed by atoms with Crippen LogP contribution < -0.4 is 10.1 Å². The van der Waals surface area contributed by atoms with Crippen LogP contribution in [0.2, 0.25) is 0 Å². The molecule has 0 heterocycles. The van der Waals surface area contributed by atoms with E-state index in [1.54, 1.807) is 0 Å². The molecule has 0 atom stereocenters. The van der Waals surface area contributed by atoms with Gasteiger partial charge in [-0.15, -0.1) is 0 Å². The summed E-state index contributed by atoms with van der Waals surface area (Å²) in [6, 6.07) is 11.7. The number of halogens is 1. The van der Waals surface area contributed by atoms with Gasteiger partial charge < -0.3 is 15.2 Å². The van der Waals surface area contributed by atoms with Gasteiger partial charge in [-0.05, 0) is 63.3 Å². The highest BCUT2D eigenvalue weighted by molar-refractivity contribution is 9.10. The minimum atomic E-state index is -1.01. The van der Waals surface area contributed by atoms with E-state index in [2.05, 4.69) is 42.0 Å². The number of anilines is 1. The number of carbonyl (C=O) groups is 2. The van der Waals surface area contributed by atoms with Gasteiger partial charge in [0, 0.05) is 5.69 Å². The highest BCUT2D eigenvalue weighted by Crippen LogP contribution is 2.31. The van der Waals surface area contributed by atoms with Gasteiger partial charge in [-0.25, -0.2) is 4.79 Å². The van der Waals surface area contributed by atoms with Crippen molar-refractivity contribution in [2.45, 2.75) is 26.2 Å². The molecular weight excluding hydrogens is 386 g/mol. The van der Waals surface area contributed by atoms with Crippen LogP contribution in [0.3, 0.4) is 0 Å². The standard InChI is InChI=1S/C19H20BrNO4/c1-19(2,3)13-6-9-16(15(20)10-13)25-11-17(22)21-14-7-4-12(5-8-14)18(23)24/h4-10H,11H2,1-3H3,(H,21,22)(H,23,24). The van der Waals surface area contributed by atoms with Crippen LogP contribution >= 0.6 is 15.9 Å². The van der Waals surface area contributed by atoms with E-state index < -0.39 is 5.97 Å². The molecule has 2 N–H and O–H groups in total. The number of carboxylic acid groups (broad SMARTS) is 1. The Balaban J connectivity index is 1.94. The summed E-state index contributed by atoms with van der Waals surface area (Å²) in [6.07, 6.45) is 0. The molecule has 0 aliphatic carbocycles. The van der Waals surface area contributed by atoms with Crippen LogP contribution in [0.4, 0.5) is 5.69 Å². The summed E-state index contributed by atoms with van der Waals surface area (Å²) in [5.74, 6) is -0.746. The number of aromatic carboxylic acids is 1. The van der Waals surface area contributed by atoms with E-state index in [0.29, 0.717) is 11.4 Å². The van der Waals surface area contributed by atoms with Gasteiger partial charge in [0.05, 0.1) is 10.0 Å². The maximum absolute atomic E-state index is 12.0. The van der Waals surface area contributed by atoms with Crippen LogP contribution in [-0.4, -0.2) is 23.6 Å². The Morgan fingerprint density at radius 1 is 1.12 bits per heavy atom. The summed E-state index contributed by atoms with van der Waals surface area (Å²) < 4.78 is 6.34. The molecule has 2 rings (SSSR count). The van der Waals surface area contributed by atoms with E-state index in [9.17, 15) is 9.59 Å². The van der Waals surface area contributed by atoms with Crippen molar-refractivity contribution in [3.05, 3.63) is 58.1 Å². The normalized spacial score (nSPS) is 11.0. The fourth-order valence-corrected chi connectivity index (χ4v) is 2.61. The van der Waals surface area contributed by atoms with Gasteiger partial charge in [0.1, 0.15) is 5.75 Å². The highest BCUT2D eigenvalue weighted by atomic mass is 79.9. The number of carboxylic acids is 1. The summed E-state index contributed by atoms with van der Waals surface area (Å²) in [4.78, 5) is 22.8. The molecule has 0 aliphatic rings. The number of ether oxygens (including phenoxy) is 1. The van der Waals surface area contributed by atoms with Gasteiger partial charge >= 0.3 is 5.97 Å². The lowest BCUT2D eigenvalue weighted by molar-refractivity contribution is -0.118. The largest absolute Gasteiger partial charge is 0.483 e. The SMILES string of the molecule is CC(C)(C)c1ccc(OCC(=O)Nc2ccc(C(=O)O)cc2)c(Br)c1. The Morgan fingerprint density at radius 3 is 2.28 bits per heavy atom. The van der Waals surface area contributed by atoms with Gasteiger partial charge in [-0.2, -0.15) is 0 Å². The van der Waals surface area contributed by atoms with Gasteiger partial charge in [-0.1, -0.05) is 26.8 Å². The second-order valence-electron chi connectivity index (χ2n) is 6.61. The summed E-state index contributed by atoms with van der Waals surface area (Å²) >= 11 is 3.47. The van der Waals surface area contributed by atoms with Crippen LogP contribution in [0.5, 0.6) is 5.75 Å². The third-order valence-corrected chi connectivity index (χ3v) is 4.19. The molecule has 132 valence electrons. The molecule has 0 radical (unpaired) electrons. The number of hydrogen-bond acceptors (Lipinski definition) is 3. The van der Waals surface area contributed by atoms with E-state index in [-0.39, 0.29) is 23.5 Å². The molecule has 2 aromatic rings. The average Bonchev–Trinajstić information content (AvgIpc) is 2.53. The van der Waals surface area contributed by atoms with Crippen molar-refractivity contribution >= 4 is 33.5 Å². The fraction of sp³-hybridized carbons (Fsp3) is 0.263. The van der Waals surface area contributed by atoms with Crippen LogP contribution in [0.1, 0.15) is 36.7 Å². The Labute approximate surface area is 155 Å². The van der Waals surface area contributed by atoms with Crippen LogP contribution in [0.15, 0.2) is 46.9 Å². The maximum Gasteiger partial charge on any atom is 0.335 e. The van der Waals surface area contributed by atoms with Crippen molar-refractivity contribution in [2.24, 2.45) is 0 Å². The lowest BCUT2D eigenvalue weighted by atomic mass is 9.87. The third kappa shape index (κ3) is 5.32. The number of amides is 1. The van der Waals surface area contributed by atoms with Crippen LogP contribution in [-0.2, 0) is 10.2 Å². The first kappa shape index (κ1) is 19.0. The van der Waals surface area contributed by atoms with Crippen LogP contribution in [0.25, 0.3) is 0 Å². The fourth-order valence-electron chi connectivity index (χ4n) is 2.12. The quantitative estimate of drug-likeness (QED) is 0.769. The van der Waals surface area contributed by atoms with Crippen molar-refractivity contribution in [3.8, 4) is 5.75 Å². The molecule has 0 bridgehead atoms. The lowest BCUT2D eigenvalue weighted by Crippen LogP contribution is -2.20. The predicted molar refractivity (Wildman–Crippen MR) is 100 cm³/mol. The smallest absolute Gasteiger partial charge is 0.335 e. The monoisotopic (exact) mass is 405 g/mol. The minimum Gasteiger partial charge on any atom is -0.483 e. The summed E-state index contributed by atoms with van der Waals surface area (Å²) in [7, 11) is 0. The Morgan fingerprint density at radius 2 is 1.76 bits per heavy atom. The zero-order chi connectivity index (χ0) is 18.6. The molecule has 0 saturated carbocycles. The van der Waals surface area contributed by atoms with E-state index in [1.807, 2.05) is 18.2 Å². The van der Waals surface area contributed by atoms with Gasteiger partial charge in [0.25, 0.3) is 5.91 Å². The molecular formula is C19H20BrNO4. The number of benzene rings is 2. The van der Waals surface area contributed by atoms with Crippen molar-refractivity contribution in [3.63, 3.8) is 0 Å². The first-order valence-electron chi connectivity index (χ1n) is 7.73. The zero-order valence-corrected chi connectivity index (χ0v) is 15.9. The predicted octanol–water partition coefficient (Wildman–Crippen LogP) is 4.46. The van der Waals surface area contributed by atoms with E-state index in [0.717, 1.165) is 10.0 Å². The summed E-state index contributed by atoms with van der Waals surface area (Å²) in [6.45, 7) is 6.23. The maximum atomic E-state index is 12.0. The molecule has 0 aromatic heterocycles. The average molecular weight is 406 g/mol. The zero-order valence-electron chi connectivity index (χ0n) is 14.3. The molecule has 6 heteroatoms. The van der Waals surface area contributed by atoms with Crippen LogP contribution in [0, 0.1) is 0 Å². The molecule has 25 heavy (non-hydrogen) atoms. The topological polar surface area (TPSA) is 75.6 Å². The molecule has 0 spiro atoms. The number of rotatable bonds is 5. The number of carbonyl (C=O) groups excluding carboxylic acids is 1. The minimum absolute atomic E-state index is 0.0283.